The maximum atomic E-state index is 15.1. The third-order valence-corrected chi connectivity index (χ3v) is 12.8. The molecule has 1 aliphatic carbocycles. The van der Waals surface area contributed by atoms with Crippen LogP contribution in [0.1, 0.15) is 45.7 Å². The molecule has 10 heteroatoms. The molecule has 8 aromatic carbocycles. The number of fused-ring (bicyclic) bond motifs is 5. The van der Waals surface area contributed by atoms with E-state index in [0.717, 1.165) is 43.5 Å². The molecule has 0 saturated heterocycles. The van der Waals surface area contributed by atoms with E-state index in [-0.39, 0.29) is 39.5 Å². The van der Waals surface area contributed by atoms with Gasteiger partial charge >= 0.3 is 17.2 Å². The molecule has 8 aromatic rings. The Morgan fingerprint density at radius 2 is 0.955 bits per heavy atom. The molecule has 0 bridgehead atoms. The molecule has 0 spiro atoms. The molecule has 0 aromatic heterocycles. The minimum Gasteiger partial charge on any atom is -0.409 e. The van der Waals surface area contributed by atoms with Crippen LogP contribution in [-0.4, -0.2) is 11.6 Å². The first-order chi connectivity index (χ1) is 32.2. The molecule has 0 saturated carbocycles. The van der Waals surface area contributed by atoms with Crippen LogP contribution in [0.15, 0.2) is 224 Å². The largest absolute Gasteiger partial charge is 0.530 e. The zero-order chi connectivity index (χ0) is 45.6. The van der Waals surface area contributed by atoms with E-state index in [4.69, 9.17) is 27.1 Å². The van der Waals surface area contributed by atoms with Crippen molar-refractivity contribution >= 4 is 61.1 Å². The normalized spacial score (nSPS) is 13.1. The summed E-state index contributed by atoms with van der Waals surface area (Å²) in [7, 11) is -4.58. The SMILES string of the molecule is C=C\C=C/C(=C/C(=C\C)OP(Oc1ccc2ccccc2c1)Oc1cccc2c1C(=O)c1c(OP(Oc3ccc4ccccc4c3)Oc3ccc4ccccc4c3)cccc1C2=O)C(=C)C. The van der Waals surface area contributed by atoms with Gasteiger partial charge in [0.25, 0.3) is 0 Å². The van der Waals surface area contributed by atoms with Gasteiger partial charge < -0.3 is 27.1 Å². The first kappa shape index (κ1) is 43.5. The highest BCUT2D eigenvalue weighted by Crippen LogP contribution is 2.50. The van der Waals surface area contributed by atoms with Crippen LogP contribution in [0.25, 0.3) is 32.3 Å². The zero-order valence-corrected chi connectivity index (χ0v) is 37.8. The number of hydrogen-bond donors (Lipinski definition) is 0. The highest BCUT2D eigenvalue weighted by molar-refractivity contribution is 7.43. The highest BCUT2D eigenvalue weighted by Gasteiger charge is 2.37. The van der Waals surface area contributed by atoms with Gasteiger partial charge in [-0.15, -0.1) is 0 Å². The third-order valence-electron chi connectivity index (χ3n) is 10.7. The fourth-order valence-electron chi connectivity index (χ4n) is 7.42. The monoisotopic (exact) mass is 904 g/mol. The van der Waals surface area contributed by atoms with Gasteiger partial charge in [0.15, 0.2) is 5.78 Å². The third kappa shape index (κ3) is 9.52. The fraction of sp³-hybridized carbons (Fsp3) is 0.0357. The Kier molecular flexibility index (Phi) is 12.9. The second-order valence-corrected chi connectivity index (χ2v) is 17.2. The van der Waals surface area contributed by atoms with Crippen LogP contribution in [0.5, 0.6) is 28.7 Å². The predicted molar refractivity (Wildman–Crippen MR) is 266 cm³/mol. The van der Waals surface area contributed by atoms with Crippen molar-refractivity contribution in [2.75, 3.05) is 0 Å². The van der Waals surface area contributed by atoms with E-state index < -0.39 is 23.0 Å². The van der Waals surface area contributed by atoms with Crippen LogP contribution in [-0.2, 0) is 4.52 Å². The molecule has 66 heavy (non-hydrogen) atoms. The summed E-state index contributed by atoms with van der Waals surface area (Å²) in [5.74, 6) is 1.20. The van der Waals surface area contributed by atoms with Gasteiger partial charge in [0.05, 0.1) is 11.1 Å². The lowest BCUT2D eigenvalue weighted by molar-refractivity contribution is 0.0975. The molecule has 0 aliphatic heterocycles. The number of benzene rings is 8. The number of hydrogen-bond acceptors (Lipinski definition) is 8. The van der Waals surface area contributed by atoms with Gasteiger partial charge in [0.2, 0.25) is 5.78 Å². The van der Waals surface area contributed by atoms with Crippen molar-refractivity contribution < 1.29 is 36.7 Å². The molecule has 0 fully saturated rings. The van der Waals surface area contributed by atoms with Crippen LogP contribution < -0.4 is 22.6 Å². The van der Waals surface area contributed by atoms with Gasteiger partial charge in [0.1, 0.15) is 34.5 Å². The Bertz CT molecular complexity index is 3210. The van der Waals surface area contributed by atoms with Crippen molar-refractivity contribution in [2.45, 2.75) is 13.8 Å². The Hall–Kier alpha value is -7.76. The van der Waals surface area contributed by atoms with Crippen molar-refractivity contribution in [3.63, 3.8) is 0 Å². The van der Waals surface area contributed by atoms with Crippen LogP contribution in [0, 0.1) is 0 Å². The van der Waals surface area contributed by atoms with E-state index in [1.165, 1.54) is 0 Å². The molecule has 0 radical (unpaired) electrons. The maximum absolute atomic E-state index is 15.1. The van der Waals surface area contributed by atoms with E-state index in [2.05, 4.69) is 13.2 Å². The van der Waals surface area contributed by atoms with Crippen LogP contribution in [0.4, 0.5) is 0 Å². The molecule has 8 nitrogen and oxygen atoms in total. The molecule has 0 N–H and O–H groups in total. The van der Waals surface area contributed by atoms with Crippen molar-refractivity contribution in [3.05, 3.63) is 246 Å². The lowest BCUT2D eigenvalue weighted by Crippen LogP contribution is -2.22. The van der Waals surface area contributed by atoms with Gasteiger partial charge in [0, 0.05) is 11.1 Å². The summed E-state index contributed by atoms with van der Waals surface area (Å²) in [5, 5.41) is 5.98. The molecule has 0 heterocycles. The molecule has 324 valence electrons. The zero-order valence-electron chi connectivity index (χ0n) is 36.0. The van der Waals surface area contributed by atoms with E-state index >= 15 is 4.79 Å². The van der Waals surface area contributed by atoms with E-state index in [1.54, 1.807) is 48.6 Å². The molecular weight excluding hydrogens is 863 g/mol. The number of rotatable bonds is 16. The van der Waals surface area contributed by atoms with Gasteiger partial charge in [-0.2, -0.15) is 0 Å². The van der Waals surface area contributed by atoms with Gasteiger partial charge in [-0.25, -0.2) is 0 Å². The van der Waals surface area contributed by atoms with Crippen molar-refractivity contribution in [2.24, 2.45) is 0 Å². The Balaban J connectivity index is 1.07. The molecule has 1 aliphatic rings. The molecule has 1 atom stereocenters. The first-order valence-corrected chi connectivity index (χ1v) is 23.3. The molecule has 9 rings (SSSR count). The van der Waals surface area contributed by atoms with Crippen LogP contribution in [0.3, 0.4) is 0 Å². The number of allylic oxidation sites excluding steroid dienone is 7. The smallest absolute Gasteiger partial charge is 0.409 e. The van der Waals surface area contributed by atoms with Gasteiger partial charge in [-0.1, -0.05) is 152 Å². The average Bonchev–Trinajstić information content (AvgIpc) is 3.33. The van der Waals surface area contributed by atoms with E-state index in [1.807, 2.05) is 159 Å². The van der Waals surface area contributed by atoms with Crippen molar-refractivity contribution in [1.82, 2.24) is 0 Å². The minimum atomic E-state index is -2.32. The maximum Gasteiger partial charge on any atom is 0.530 e. The Morgan fingerprint density at radius 3 is 1.39 bits per heavy atom. The van der Waals surface area contributed by atoms with Crippen molar-refractivity contribution in [3.8, 4) is 28.7 Å². The van der Waals surface area contributed by atoms with E-state index in [9.17, 15) is 4.79 Å². The summed E-state index contributed by atoms with van der Waals surface area (Å²) in [6, 6.07) is 50.6. The Labute approximate surface area is 385 Å². The molecule has 1 unspecified atom stereocenters. The number of carbonyl (C=O) groups is 2. The summed E-state index contributed by atoms with van der Waals surface area (Å²) in [6.45, 7) is 11.6. The summed E-state index contributed by atoms with van der Waals surface area (Å²) < 4.78 is 39.1. The standard InChI is InChI=1S/C56H42O8P2/c1-5-7-16-41(37(3)4)33-45(6-2)59-65(60-46-30-27-38-17-8-11-20-42(38)34-46)63-51-25-14-23-49-53(51)56(58)54-50(55(49)57)24-15-26-52(54)64-66(61-47-31-28-39-18-9-12-21-43(39)35-47)62-48-32-29-40-19-10-13-22-44(40)36-48/h5-36H,1,3H2,2,4H3/b16-7-,41-33-,45-6+. The highest BCUT2D eigenvalue weighted by atomic mass is 31.2. The van der Waals surface area contributed by atoms with Gasteiger partial charge in [-0.05, 0) is 112 Å². The lowest BCUT2D eigenvalue weighted by atomic mass is 9.83. The number of ketones is 2. The van der Waals surface area contributed by atoms with Crippen LogP contribution >= 0.6 is 17.2 Å². The summed E-state index contributed by atoms with van der Waals surface area (Å²) in [4.78, 5) is 29.5. The fourth-order valence-corrected chi connectivity index (χ4v) is 9.46. The predicted octanol–water partition coefficient (Wildman–Crippen LogP) is 15.5. The molecule has 0 amide bonds. The summed E-state index contributed by atoms with van der Waals surface area (Å²) in [6.07, 6.45) is 8.95. The quantitative estimate of drug-likeness (QED) is 0.0538. The van der Waals surface area contributed by atoms with E-state index in [0.29, 0.717) is 23.0 Å². The van der Waals surface area contributed by atoms with Crippen molar-refractivity contribution in [1.29, 1.82) is 0 Å². The Morgan fingerprint density at radius 1 is 0.515 bits per heavy atom. The second kappa shape index (κ2) is 19.5. The number of carbonyl (C=O) groups excluding carboxylic acids is 2. The minimum absolute atomic E-state index is 0.0357. The average molecular weight is 905 g/mol. The van der Waals surface area contributed by atoms with Crippen LogP contribution in [0.2, 0.25) is 0 Å². The van der Waals surface area contributed by atoms with Gasteiger partial charge in [-0.3, -0.25) is 9.59 Å². The summed E-state index contributed by atoms with van der Waals surface area (Å²) in [5.41, 5.74) is 1.99. The first-order valence-electron chi connectivity index (χ1n) is 21.1. The summed E-state index contributed by atoms with van der Waals surface area (Å²) >= 11 is 0. The second-order valence-electron chi connectivity index (χ2n) is 15.2. The lowest BCUT2D eigenvalue weighted by Gasteiger charge is -2.25. The molecular formula is C56H42O8P2. The topological polar surface area (TPSA) is 89.5 Å².